The van der Waals surface area contributed by atoms with Gasteiger partial charge in [0.25, 0.3) is 0 Å². The first-order valence-corrected chi connectivity index (χ1v) is 6.42. The lowest BCUT2D eigenvalue weighted by atomic mass is 10.2. The third-order valence-corrected chi connectivity index (χ3v) is 3.39. The van der Waals surface area contributed by atoms with Crippen molar-refractivity contribution in [3.05, 3.63) is 42.5 Å². The zero-order valence-electron chi connectivity index (χ0n) is 10.3. The van der Waals surface area contributed by atoms with E-state index >= 15 is 0 Å². The molecule has 96 valence electrons. The van der Waals surface area contributed by atoms with Crippen LogP contribution in [0.15, 0.2) is 41.1 Å². The van der Waals surface area contributed by atoms with Gasteiger partial charge in [-0.25, -0.2) is 14.5 Å². The van der Waals surface area contributed by atoms with Crippen LogP contribution in [0.25, 0.3) is 17.0 Å². The number of pyridine rings is 1. The summed E-state index contributed by atoms with van der Waals surface area (Å²) in [5.41, 5.74) is 1.67. The second-order valence-electron chi connectivity index (χ2n) is 4.60. The molecule has 4 heterocycles. The fourth-order valence-corrected chi connectivity index (χ4v) is 2.54. The van der Waals surface area contributed by atoms with Crippen molar-refractivity contribution in [3.63, 3.8) is 0 Å². The zero-order valence-corrected chi connectivity index (χ0v) is 10.3. The van der Waals surface area contributed by atoms with Crippen molar-refractivity contribution in [2.75, 3.05) is 6.61 Å². The highest BCUT2D eigenvalue weighted by Crippen LogP contribution is 2.32. The number of nitrogens with zero attached hydrogens (tertiary/aromatic N) is 3. The van der Waals surface area contributed by atoms with Crippen LogP contribution < -0.4 is 0 Å². The second-order valence-corrected chi connectivity index (χ2v) is 4.60. The van der Waals surface area contributed by atoms with E-state index < -0.39 is 0 Å². The molecule has 0 radical (unpaired) electrons. The molecule has 19 heavy (non-hydrogen) atoms. The molecule has 1 aliphatic heterocycles. The normalized spacial score (nSPS) is 19.3. The Balaban J connectivity index is 1.98. The van der Waals surface area contributed by atoms with Crippen molar-refractivity contribution in [3.8, 4) is 5.88 Å². The van der Waals surface area contributed by atoms with Gasteiger partial charge in [-0.15, -0.1) is 0 Å². The molecule has 5 heteroatoms. The fraction of sp³-hybridized carbons (Fsp3) is 0.286. The van der Waals surface area contributed by atoms with Gasteiger partial charge in [-0.1, -0.05) is 0 Å². The smallest absolute Gasteiger partial charge is 0.206 e. The quantitative estimate of drug-likeness (QED) is 0.706. The van der Waals surface area contributed by atoms with E-state index in [0.29, 0.717) is 0 Å². The van der Waals surface area contributed by atoms with E-state index in [4.69, 9.17) is 9.15 Å². The number of fused-ring (bicyclic) bond motifs is 1. The molecule has 1 atom stereocenters. The molecule has 0 spiro atoms. The molecule has 0 saturated carbocycles. The van der Waals surface area contributed by atoms with Crippen molar-refractivity contribution < 1.29 is 9.15 Å². The lowest BCUT2D eigenvalue weighted by Gasteiger charge is -2.10. The number of imidazole rings is 1. The van der Waals surface area contributed by atoms with Crippen LogP contribution in [0.5, 0.6) is 0 Å². The molecule has 3 aromatic rings. The van der Waals surface area contributed by atoms with E-state index in [1.165, 1.54) is 0 Å². The predicted octanol–water partition coefficient (Wildman–Crippen LogP) is 2.87. The summed E-state index contributed by atoms with van der Waals surface area (Å²) in [5, 5.41) is 0. The number of aromatic nitrogens is 3. The highest BCUT2D eigenvalue weighted by atomic mass is 16.5. The molecule has 0 aromatic carbocycles. The van der Waals surface area contributed by atoms with Crippen molar-refractivity contribution >= 4 is 11.2 Å². The highest BCUT2D eigenvalue weighted by Gasteiger charge is 2.26. The van der Waals surface area contributed by atoms with Gasteiger partial charge in [-0.3, -0.25) is 0 Å². The topological polar surface area (TPSA) is 53.1 Å². The maximum Gasteiger partial charge on any atom is 0.206 e. The lowest BCUT2D eigenvalue weighted by molar-refractivity contribution is 0.104. The van der Waals surface area contributed by atoms with E-state index in [0.717, 1.165) is 42.3 Å². The van der Waals surface area contributed by atoms with Crippen molar-refractivity contribution in [1.29, 1.82) is 0 Å². The average molecular weight is 255 g/mol. The van der Waals surface area contributed by atoms with Gasteiger partial charge in [0.2, 0.25) is 5.88 Å². The lowest BCUT2D eigenvalue weighted by Crippen LogP contribution is -2.06. The second kappa shape index (κ2) is 4.20. The molecule has 0 aliphatic carbocycles. The molecular weight excluding hydrogens is 242 g/mol. The SMILES string of the molecule is c1coc(-n2c(C3CCCO3)nc3cccnc32)c1. The number of hydrogen-bond donors (Lipinski definition) is 0. The Hall–Kier alpha value is -2.14. The van der Waals surface area contributed by atoms with Crippen LogP contribution in [0, 0.1) is 0 Å². The van der Waals surface area contributed by atoms with Crippen molar-refractivity contribution in [2.24, 2.45) is 0 Å². The van der Waals surface area contributed by atoms with Gasteiger partial charge >= 0.3 is 0 Å². The van der Waals surface area contributed by atoms with Crippen LogP contribution in [0.4, 0.5) is 0 Å². The van der Waals surface area contributed by atoms with Gasteiger partial charge in [-0.05, 0) is 31.0 Å². The minimum Gasteiger partial charge on any atom is -0.448 e. The molecule has 1 saturated heterocycles. The number of hydrogen-bond acceptors (Lipinski definition) is 4. The van der Waals surface area contributed by atoms with E-state index in [1.54, 1.807) is 12.5 Å². The summed E-state index contributed by atoms with van der Waals surface area (Å²) in [6, 6.07) is 7.62. The van der Waals surface area contributed by atoms with Crippen LogP contribution >= 0.6 is 0 Å². The Morgan fingerprint density at radius 1 is 1.26 bits per heavy atom. The molecule has 5 nitrogen and oxygen atoms in total. The van der Waals surface area contributed by atoms with Gasteiger partial charge in [0.1, 0.15) is 17.4 Å². The molecule has 3 aromatic heterocycles. The molecular formula is C14H13N3O2. The zero-order chi connectivity index (χ0) is 12.7. The maximum atomic E-state index is 5.75. The summed E-state index contributed by atoms with van der Waals surface area (Å²) in [6.45, 7) is 0.791. The predicted molar refractivity (Wildman–Crippen MR) is 69.1 cm³/mol. The molecule has 0 bridgehead atoms. The molecule has 4 rings (SSSR count). The third-order valence-electron chi connectivity index (χ3n) is 3.39. The van der Waals surface area contributed by atoms with Gasteiger partial charge < -0.3 is 9.15 Å². The van der Waals surface area contributed by atoms with Gasteiger partial charge in [0, 0.05) is 18.9 Å². The van der Waals surface area contributed by atoms with Gasteiger partial charge in [0.15, 0.2) is 5.65 Å². The minimum absolute atomic E-state index is 0.0271. The van der Waals surface area contributed by atoms with Gasteiger partial charge in [-0.2, -0.15) is 0 Å². The first-order chi connectivity index (χ1) is 9.43. The number of furan rings is 1. The summed E-state index contributed by atoms with van der Waals surface area (Å²) in [4.78, 5) is 9.08. The summed E-state index contributed by atoms with van der Waals surface area (Å²) in [5.74, 6) is 1.60. The largest absolute Gasteiger partial charge is 0.448 e. The summed E-state index contributed by atoms with van der Waals surface area (Å²) < 4.78 is 13.2. The van der Waals surface area contributed by atoms with Gasteiger partial charge in [0.05, 0.1) is 6.26 Å². The summed E-state index contributed by atoms with van der Waals surface area (Å²) in [6.07, 6.45) is 5.51. The Bertz CT molecular complexity index is 697. The molecule has 0 N–H and O–H groups in total. The number of ether oxygens (including phenoxy) is 1. The van der Waals surface area contributed by atoms with E-state index in [1.807, 2.05) is 28.8 Å². The molecule has 1 fully saturated rings. The molecule has 1 unspecified atom stereocenters. The van der Waals surface area contributed by atoms with E-state index in [2.05, 4.69) is 9.97 Å². The van der Waals surface area contributed by atoms with Crippen LogP contribution in [-0.2, 0) is 4.74 Å². The monoisotopic (exact) mass is 255 g/mol. The Kier molecular flexibility index (Phi) is 2.38. The van der Waals surface area contributed by atoms with Crippen molar-refractivity contribution in [2.45, 2.75) is 18.9 Å². The first kappa shape index (κ1) is 10.8. The number of rotatable bonds is 2. The Morgan fingerprint density at radius 2 is 2.26 bits per heavy atom. The van der Waals surface area contributed by atoms with Crippen LogP contribution in [0.2, 0.25) is 0 Å². The highest BCUT2D eigenvalue weighted by molar-refractivity contribution is 5.73. The Morgan fingerprint density at radius 3 is 3.05 bits per heavy atom. The fourth-order valence-electron chi connectivity index (χ4n) is 2.54. The van der Waals surface area contributed by atoms with Crippen LogP contribution in [0.3, 0.4) is 0 Å². The van der Waals surface area contributed by atoms with E-state index in [9.17, 15) is 0 Å². The summed E-state index contributed by atoms with van der Waals surface area (Å²) in [7, 11) is 0. The molecule has 1 aliphatic rings. The molecule has 0 amide bonds. The van der Waals surface area contributed by atoms with Crippen LogP contribution in [0.1, 0.15) is 24.8 Å². The van der Waals surface area contributed by atoms with E-state index in [-0.39, 0.29) is 6.10 Å². The first-order valence-electron chi connectivity index (χ1n) is 6.42. The Labute approximate surface area is 109 Å². The maximum absolute atomic E-state index is 5.75. The minimum atomic E-state index is 0.0271. The third kappa shape index (κ3) is 1.66. The average Bonchev–Trinajstić information content (AvgIpc) is 3.17. The van der Waals surface area contributed by atoms with Crippen LogP contribution in [-0.4, -0.2) is 21.1 Å². The standard InChI is InChI=1S/C14H13N3O2/c1-4-10-13(15-7-1)17(12-6-3-9-19-12)14(16-10)11-5-2-8-18-11/h1,3-4,6-7,9,11H,2,5,8H2. The van der Waals surface area contributed by atoms with Crippen molar-refractivity contribution in [1.82, 2.24) is 14.5 Å². The summed E-state index contributed by atoms with van der Waals surface area (Å²) >= 11 is 0.